The molecule has 0 saturated heterocycles. The first kappa shape index (κ1) is 14.8. The standard InChI is InChI=1S/C15H17N3O3/c1-10-4-6-12(7-5-10)15(20)18(3)9-14(19)16-13-8-11(2)21-17-13/h4-8H,9H2,1-3H3,(H,16,17,19). The van der Waals surface area contributed by atoms with Crippen LogP contribution in [0.25, 0.3) is 0 Å². The minimum atomic E-state index is -0.328. The zero-order valence-corrected chi connectivity index (χ0v) is 12.2. The topological polar surface area (TPSA) is 75.4 Å². The second-order valence-corrected chi connectivity index (χ2v) is 4.90. The van der Waals surface area contributed by atoms with Gasteiger partial charge in [-0.05, 0) is 26.0 Å². The Morgan fingerprint density at radius 2 is 1.90 bits per heavy atom. The van der Waals surface area contributed by atoms with E-state index in [2.05, 4.69) is 10.5 Å². The smallest absolute Gasteiger partial charge is 0.254 e. The molecule has 0 aliphatic rings. The highest BCUT2D eigenvalue weighted by Gasteiger charge is 2.15. The molecule has 6 heteroatoms. The van der Waals surface area contributed by atoms with Gasteiger partial charge in [0.05, 0.1) is 6.54 Å². The first-order valence-electron chi connectivity index (χ1n) is 6.51. The molecule has 0 bridgehead atoms. The van der Waals surface area contributed by atoms with Crippen LogP contribution in [0, 0.1) is 13.8 Å². The average Bonchev–Trinajstić information content (AvgIpc) is 2.83. The van der Waals surface area contributed by atoms with Gasteiger partial charge in [-0.25, -0.2) is 0 Å². The molecule has 110 valence electrons. The van der Waals surface area contributed by atoms with Crippen LogP contribution in [0.1, 0.15) is 21.7 Å². The number of amides is 2. The van der Waals surface area contributed by atoms with Gasteiger partial charge in [0.15, 0.2) is 5.82 Å². The monoisotopic (exact) mass is 287 g/mol. The zero-order chi connectivity index (χ0) is 15.4. The highest BCUT2D eigenvalue weighted by Crippen LogP contribution is 2.08. The van der Waals surface area contributed by atoms with Gasteiger partial charge in [-0.2, -0.15) is 0 Å². The van der Waals surface area contributed by atoms with E-state index in [1.54, 1.807) is 32.2 Å². The van der Waals surface area contributed by atoms with Crippen molar-refractivity contribution in [1.29, 1.82) is 0 Å². The summed E-state index contributed by atoms with van der Waals surface area (Å²) in [6.45, 7) is 3.62. The van der Waals surface area contributed by atoms with E-state index in [9.17, 15) is 9.59 Å². The van der Waals surface area contributed by atoms with Crippen LogP contribution < -0.4 is 5.32 Å². The van der Waals surface area contributed by atoms with E-state index in [0.29, 0.717) is 17.1 Å². The Morgan fingerprint density at radius 1 is 1.24 bits per heavy atom. The molecule has 0 aliphatic carbocycles. The summed E-state index contributed by atoms with van der Waals surface area (Å²) in [6.07, 6.45) is 0. The predicted octanol–water partition coefficient (Wildman–Crippen LogP) is 2.00. The van der Waals surface area contributed by atoms with Crippen molar-refractivity contribution in [3.63, 3.8) is 0 Å². The van der Waals surface area contributed by atoms with Gasteiger partial charge in [-0.3, -0.25) is 9.59 Å². The normalized spacial score (nSPS) is 10.2. The van der Waals surface area contributed by atoms with Crippen LogP contribution in [-0.4, -0.2) is 35.5 Å². The molecular formula is C15H17N3O3. The summed E-state index contributed by atoms with van der Waals surface area (Å²) in [5.41, 5.74) is 1.63. The molecule has 0 saturated carbocycles. The lowest BCUT2D eigenvalue weighted by atomic mass is 10.1. The highest BCUT2D eigenvalue weighted by atomic mass is 16.5. The van der Waals surface area contributed by atoms with Gasteiger partial charge < -0.3 is 14.7 Å². The van der Waals surface area contributed by atoms with Crippen molar-refractivity contribution in [2.75, 3.05) is 18.9 Å². The number of hydrogen-bond donors (Lipinski definition) is 1. The number of nitrogens with one attached hydrogen (secondary N) is 1. The maximum atomic E-state index is 12.2. The number of nitrogens with zero attached hydrogens (tertiary/aromatic N) is 2. The number of carbonyl (C=O) groups excluding carboxylic acids is 2. The first-order chi connectivity index (χ1) is 9.95. The minimum Gasteiger partial charge on any atom is -0.360 e. The van der Waals surface area contributed by atoms with Crippen molar-refractivity contribution in [2.45, 2.75) is 13.8 Å². The van der Waals surface area contributed by atoms with Crippen molar-refractivity contribution in [2.24, 2.45) is 0 Å². The SMILES string of the molecule is Cc1ccc(C(=O)N(C)CC(=O)Nc2cc(C)on2)cc1. The largest absolute Gasteiger partial charge is 0.360 e. The Kier molecular flexibility index (Phi) is 4.37. The highest BCUT2D eigenvalue weighted by molar-refractivity contribution is 5.98. The summed E-state index contributed by atoms with van der Waals surface area (Å²) >= 11 is 0. The molecule has 1 heterocycles. The van der Waals surface area contributed by atoms with Crippen molar-refractivity contribution in [1.82, 2.24) is 10.1 Å². The lowest BCUT2D eigenvalue weighted by Gasteiger charge is -2.16. The summed E-state index contributed by atoms with van der Waals surface area (Å²) in [4.78, 5) is 25.3. The number of aromatic nitrogens is 1. The summed E-state index contributed by atoms with van der Waals surface area (Å²) in [6, 6.07) is 8.82. The van der Waals surface area contributed by atoms with Crippen LogP contribution in [0.15, 0.2) is 34.9 Å². The van der Waals surface area contributed by atoms with Gasteiger partial charge in [0.1, 0.15) is 5.76 Å². The summed E-state index contributed by atoms with van der Waals surface area (Å²) < 4.78 is 4.85. The second kappa shape index (κ2) is 6.21. The van der Waals surface area contributed by atoms with Crippen molar-refractivity contribution < 1.29 is 14.1 Å². The van der Waals surface area contributed by atoms with Crippen LogP contribution in [0.2, 0.25) is 0 Å². The maximum Gasteiger partial charge on any atom is 0.254 e. The maximum absolute atomic E-state index is 12.2. The average molecular weight is 287 g/mol. The summed E-state index contributed by atoms with van der Waals surface area (Å²) in [7, 11) is 1.58. The van der Waals surface area contributed by atoms with Crippen LogP contribution in [0.5, 0.6) is 0 Å². The van der Waals surface area contributed by atoms with Gasteiger partial charge in [-0.1, -0.05) is 22.9 Å². The number of hydrogen-bond acceptors (Lipinski definition) is 4. The van der Waals surface area contributed by atoms with E-state index in [1.165, 1.54) is 4.90 Å². The third-order valence-corrected chi connectivity index (χ3v) is 2.92. The molecule has 0 radical (unpaired) electrons. The summed E-state index contributed by atoms with van der Waals surface area (Å²) in [5, 5.41) is 6.24. The number of benzene rings is 1. The Bertz CT molecular complexity index is 646. The Morgan fingerprint density at radius 3 is 2.48 bits per heavy atom. The minimum absolute atomic E-state index is 0.0569. The third kappa shape index (κ3) is 3.92. The Hall–Kier alpha value is -2.63. The van der Waals surface area contributed by atoms with E-state index in [-0.39, 0.29) is 18.4 Å². The number of anilines is 1. The van der Waals surface area contributed by atoms with E-state index >= 15 is 0 Å². The van der Waals surface area contributed by atoms with Crippen LogP contribution in [-0.2, 0) is 4.79 Å². The molecule has 1 aromatic heterocycles. The fourth-order valence-electron chi connectivity index (χ4n) is 1.81. The van der Waals surface area contributed by atoms with E-state index in [4.69, 9.17) is 4.52 Å². The van der Waals surface area contributed by atoms with Crippen molar-refractivity contribution in [3.05, 3.63) is 47.2 Å². The van der Waals surface area contributed by atoms with Crippen LogP contribution in [0.4, 0.5) is 5.82 Å². The molecule has 0 atom stereocenters. The number of likely N-dealkylation sites (N-methyl/N-ethyl adjacent to an activating group) is 1. The van der Waals surface area contributed by atoms with Gasteiger partial charge in [0.2, 0.25) is 5.91 Å². The lowest BCUT2D eigenvalue weighted by molar-refractivity contribution is -0.116. The fraction of sp³-hybridized carbons (Fsp3) is 0.267. The quantitative estimate of drug-likeness (QED) is 0.933. The fourth-order valence-corrected chi connectivity index (χ4v) is 1.81. The number of rotatable bonds is 4. The van der Waals surface area contributed by atoms with E-state index < -0.39 is 0 Å². The van der Waals surface area contributed by atoms with Crippen molar-refractivity contribution >= 4 is 17.6 Å². The molecule has 6 nitrogen and oxygen atoms in total. The zero-order valence-electron chi connectivity index (χ0n) is 12.2. The third-order valence-electron chi connectivity index (χ3n) is 2.92. The molecule has 1 N–H and O–H groups in total. The number of aryl methyl sites for hydroxylation is 2. The molecule has 0 unspecified atom stereocenters. The summed E-state index contributed by atoms with van der Waals surface area (Å²) in [5.74, 6) is 0.413. The van der Waals surface area contributed by atoms with E-state index in [0.717, 1.165) is 5.56 Å². The molecule has 2 rings (SSSR count). The van der Waals surface area contributed by atoms with Gasteiger partial charge in [0.25, 0.3) is 5.91 Å². The molecule has 2 aromatic rings. The van der Waals surface area contributed by atoms with E-state index in [1.807, 2.05) is 19.1 Å². The van der Waals surface area contributed by atoms with Crippen LogP contribution in [0.3, 0.4) is 0 Å². The Labute approximate surface area is 122 Å². The molecule has 1 aromatic carbocycles. The second-order valence-electron chi connectivity index (χ2n) is 4.90. The molecule has 2 amide bonds. The molecule has 21 heavy (non-hydrogen) atoms. The predicted molar refractivity (Wildman–Crippen MR) is 78.0 cm³/mol. The molecular weight excluding hydrogens is 270 g/mol. The van der Waals surface area contributed by atoms with Gasteiger partial charge in [0, 0.05) is 18.7 Å². The van der Waals surface area contributed by atoms with Gasteiger partial charge >= 0.3 is 0 Å². The molecule has 0 aliphatic heterocycles. The number of carbonyl (C=O) groups is 2. The Balaban J connectivity index is 1.94. The first-order valence-corrected chi connectivity index (χ1v) is 6.51. The van der Waals surface area contributed by atoms with Gasteiger partial charge in [-0.15, -0.1) is 0 Å². The molecule has 0 fully saturated rings. The van der Waals surface area contributed by atoms with Crippen LogP contribution >= 0.6 is 0 Å². The molecule has 0 spiro atoms. The van der Waals surface area contributed by atoms with Crippen molar-refractivity contribution in [3.8, 4) is 0 Å². The lowest BCUT2D eigenvalue weighted by Crippen LogP contribution is -2.34.